The summed E-state index contributed by atoms with van der Waals surface area (Å²) < 4.78 is 0. The molecule has 1 amide bonds. The van der Waals surface area contributed by atoms with Gasteiger partial charge in [0.2, 0.25) is 5.91 Å². The van der Waals surface area contributed by atoms with Crippen molar-refractivity contribution in [2.75, 3.05) is 18.0 Å². The molecule has 1 aromatic heterocycles. The summed E-state index contributed by atoms with van der Waals surface area (Å²) >= 11 is 0. The quantitative estimate of drug-likeness (QED) is 0.894. The van der Waals surface area contributed by atoms with Gasteiger partial charge in [-0.15, -0.1) is 5.10 Å². The molecular formula is C18H25N5O. The van der Waals surface area contributed by atoms with Crippen molar-refractivity contribution in [3.8, 4) is 6.07 Å². The predicted molar refractivity (Wildman–Crippen MR) is 91.6 cm³/mol. The molecule has 1 saturated carbocycles. The van der Waals surface area contributed by atoms with Gasteiger partial charge in [0, 0.05) is 25.0 Å². The van der Waals surface area contributed by atoms with Gasteiger partial charge in [0.1, 0.15) is 11.6 Å². The Hall–Kier alpha value is -2.16. The van der Waals surface area contributed by atoms with Crippen LogP contribution in [-0.2, 0) is 17.6 Å². The van der Waals surface area contributed by atoms with Gasteiger partial charge in [-0.25, -0.2) is 0 Å². The molecule has 0 spiro atoms. The number of nitrogens with one attached hydrogen (secondary N) is 1. The van der Waals surface area contributed by atoms with Crippen LogP contribution >= 0.6 is 0 Å². The van der Waals surface area contributed by atoms with E-state index in [1.165, 1.54) is 0 Å². The number of rotatable bonds is 5. The van der Waals surface area contributed by atoms with Crippen molar-refractivity contribution in [1.82, 2.24) is 15.5 Å². The van der Waals surface area contributed by atoms with Crippen molar-refractivity contribution in [3.05, 3.63) is 16.8 Å². The van der Waals surface area contributed by atoms with Gasteiger partial charge >= 0.3 is 0 Å². The number of carbonyl (C=O) groups excluding carboxylic acids is 1. The zero-order valence-corrected chi connectivity index (χ0v) is 14.5. The Morgan fingerprint density at radius 1 is 1.21 bits per heavy atom. The summed E-state index contributed by atoms with van der Waals surface area (Å²) in [4.78, 5) is 14.0. The Morgan fingerprint density at radius 3 is 2.46 bits per heavy atom. The van der Waals surface area contributed by atoms with E-state index in [1.54, 1.807) is 0 Å². The molecule has 6 heteroatoms. The number of carbonyl (C=O) groups is 1. The normalized spacial score (nSPS) is 18.3. The van der Waals surface area contributed by atoms with Crippen LogP contribution in [0.15, 0.2) is 0 Å². The van der Waals surface area contributed by atoms with Crippen molar-refractivity contribution in [2.24, 2.45) is 5.92 Å². The number of piperidine rings is 1. The molecule has 2 fully saturated rings. The number of anilines is 1. The smallest absolute Gasteiger partial charge is 0.223 e. The average Bonchev–Trinajstić information content (AvgIpc) is 3.46. The van der Waals surface area contributed by atoms with Crippen LogP contribution in [0.25, 0.3) is 0 Å². The fourth-order valence-electron chi connectivity index (χ4n) is 3.40. The molecule has 1 aromatic rings. The van der Waals surface area contributed by atoms with Crippen molar-refractivity contribution in [3.63, 3.8) is 0 Å². The van der Waals surface area contributed by atoms with Gasteiger partial charge in [-0.3, -0.25) is 4.79 Å². The molecular weight excluding hydrogens is 302 g/mol. The lowest BCUT2D eigenvalue weighted by molar-refractivity contribution is -0.123. The second-order valence-corrected chi connectivity index (χ2v) is 6.69. The highest BCUT2D eigenvalue weighted by Crippen LogP contribution is 2.30. The minimum absolute atomic E-state index is 0.214. The lowest BCUT2D eigenvalue weighted by Crippen LogP contribution is -2.45. The number of hydrogen-bond acceptors (Lipinski definition) is 5. The molecule has 2 heterocycles. The first-order valence-corrected chi connectivity index (χ1v) is 9.01. The van der Waals surface area contributed by atoms with Crippen molar-refractivity contribution < 1.29 is 4.79 Å². The number of nitrogens with zero attached hydrogens (tertiary/aromatic N) is 4. The molecule has 1 aliphatic heterocycles. The van der Waals surface area contributed by atoms with Crippen LogP contribution in [-0.4, -0.2) is 35.2 Å². The molecule has 1 aliphatic carbocycles. The van der Waals surface area contributed by atoms with E-state index in [0.29, 0.717) is 11.4 Å². The lowest BCUT2D eigenvalue weighted by atomic mass is 10.0. The van der Waals surface area contributed by atoms with Crippen LogP contribution in [0.2, 0.25) is 0 Å². The molecule has 0 bridgehead atoms. The summed E-state index contributed by atoms with van der Waals surface area (Å²) in [5, 5.41) is 21.5. The van der Waals surface area contributed by atoms with E-state index in [2.05, 4.69) is 33.4 Å². The monoisotopic (exact) mass is 327 g/mol. The lowest BCUT2D eigenvalue weighted by Gasteiger charge is -2.33. The zero-order valence-electron chi connectivity index (χ0n) is 14.5. The van der Waals surface area contributed by atoms with Gasteiger partial charge in [0.05, 0.1) is 5.69 Å². The maximum absolute atomic E-state index is 11.9. The third-order valence-electron chi connectivity index (χ3n) is 5.03. The number of hydrogen-bond donors (Lipinski definition) is 1. The average molecular weight is 327 g/mol. The van der Waals surface area contributed by atoms with Crippen LogP contribution in [0.4, 0.5) is 5.82 Å². The maximum atomic E-state index is 11.9. The van der Waals surface area contributed by atoms with Crippen LogP contribution < -0.4 is 10.2 Å². The van der Waals surface area contributed by atoms with Gasteiger partial charge in [-0.2, -0.15) is 10.4 Å². The molecule has 6 nitrogen and oxygen atoms in total. The molecule has 1 saturated heterocycles. The Morgan fingerprint density at radius 2 is 1.92 bits per heavy atom. The summed E-state index contributed by atoms with van der Waals surface area (Å²) in [5.74, 6) is 1.18. The van der Waals surface area contributed by atoms with E-state index < -0.39 is 0 Å². The highest BCUT2D eigenvalue weighted by Gasteiger charge is 2.32. The summed E-state index contributed by atoms with van der Waals surface area (Å²) in [7, 11) is 0. The Bertz CT molecular complexity index is 654. The highest BCUT2D eigenvalue weighted by atomic mass is 16.2. The molecule has 0 atom stereocenters. The van der Waals surface area contributed by atoms with Crippen LogP contribution in [0.5, 0.6) is 0 Å². The molecule has 0 unspecified atom stereocenters. The van der Waals surface area contributed by atoms with E-state index in [0.717, 1.165) is 62.9 Å². The Labute approximate surface area is 143 Å². The topological polar surface area (TPSA) is 81.9 Å². The third-order valence-corrected chi connectivity index (χ3v) is 5.03. The van der Waals surface area contributed by atoms with Crippen LogP contribution in [0.1, 0.15) is 56.4 Å². The van der Waals surface area contributed by atoms with Crippen molar-refractivity contribution in [2.45, 2.75) is 58.4 Å². The number of aryl methyl sites for hydroxylation is 1. The number of aromatic nitrogens is 2. The first kappa shape index (κ1) is 16.7. The number of amides is 1. The summed E-state index contributed by atoms with van der Waals surface area (Å²) in [6.07, 6.45) is 5.44. The van der Waals surface area contributed by atoms with Gasteiger partial charge in [-0.1, -0.05) is 13.8 Å². The molecule has 3 rings (SSSR count). The standard InChI is InChI=1S/C18H25N5O/c1-3-14-15(11-19)17(22-21-16(14)4-2)23-9-7-13(8-10-23)20-18(24)12-5-6-12/h12-13H,3-10H2,1-2H3,(H,20,24). The fraction of sp³-hybridized carbons (Fsp3) is 0.667. The second kappa shape index (κ2) is 7.16. The van der Waals surface area contributed by atoms with E-state index in [-0.39, 0.29) is 17.9 Å². The van der Waals surface area contributed by atoms with Gasteiger partial charge < -0.3 is 10.2 Å². The summed E-state index contributed by atoms with van der Waals surface area (Å²) in [6, 6.07) is 2.58. The largest absolute Gasteiger partial charge is 0.354 e. The number of nitriles is 1. The molecule has 0 radical (unpaired) electrons. The van der Waals surface area contributed by atoms with E-state index >= 15 is 0 Å². The molecule has 2 aliphatic rings. The minimum atomic E-state index is 0.214. The summed E-state index contributed by atoms with van der Waals surface area (Å²) in [6.45, 7) is 5.69. The van der Waals surface area contributed by atoms with E-state index in [9.17, 15) is 10.1 Å². The van der Waals surface area contributed by atoms with Crippen LogP contribution in [0.3, 0.4) is 0 Å². The Kier molecular flexibility index (Phi) is 4.98. The first-order chi connectivity index (χ1) is 11.7. The van der Waals surface area contributed by atoms with E-state index in [4.69, 9.17) is 0 Å². The highest BCUT2D eigenvalue weighted by molar-refractivity contribution is 5.81. The molecule has 0 aromatic carbocycles. The van der Waals surface area contributed by atoms with Gasteiger partial charge in [0.15, 0.2) is 5.82 Å². The maximum Gasteiger partial charge on any atom is 0.223 e. The van der Waals surface area contributed by atoms with Crippen molar-refractivity contribution in [1.29, 1.82) is 5.26 Å². The zero-order chi connectivity index (χ0) is 17.1. The van der Waals surface area contributed by atoms with E-state index in [1.807, 2.05) is 6.92 Å². The first-order valence-electron chi connectivity index (χ1n) is 9.01. The summed E-state index contributed by atoms with van der Waals surface area (Å²) in [5.41, 5.74) is 2.61. The minimum Gasteiger partial charge on any atom is -0.354 e. The SMILES string of the molecule is CCc1nnc(N2CCC(NC(=O)C3CC3)CC2)c(C#N)c1CC. The second-order valence-electron chi connectivity index (χ2n) is 6.69. The third kappa shape index (κ3) is 3.35. The predicted octanol–water partition coefficient (Wildman–Crippen LogP) is 1.97. The van der Waals surface area contributed by atoms with Crippen molar-refractivity contribution >= 4 is 11.7 Å². The van der Waals surface area contributed by atoms with Crippen LogP contribution in [0, 0.1) is 17.2 Å². The Balaban J connectivity index is 1.69. The fourth-order valence-corrected chi connectivity index (χ4v) is 3.40. The van der Waals surface area contributed by atoms with Gasteiger partial charge in [-0.05, 0) is 44.1 Å². The molecule has 1 N–H and O–H groups in total. The van der Waals surface area contributed by atoms with Gasteiger partial charge in [0.25, 0.3) is 0 Å². The molecule has 128 valence electrons. The molecule has 24 heavy (non-hydrogen) atoms.